The zero-order valence-electron chi connectivity index (χ0n) is 12.4. The van der Waals surface area contributed by atoms with Crippen molar-refractivity contribution in [3.05, 3.63) is 74.5 Å². The summed E-state index contributed by atoms with van der Waals surface area (Å²) in [5, 5.41) is 5.30. The van der Waals surface area contributed by atoms with E-state index in [9.17, 15) is 4.79 Å². The van der Waals surface area contributed by atoms with Gasteiger partial charge in [0.2, 0.25) is 5.91 Å². The van der Waals surface area contributed by atoms with Gasteiger partial charge in [0.15, 0.2) is 5.13 Å². The molecule has 1 heterocycles. The van der Waals surface area contributed by atoms with E-state index in [1.807, 2.05) is 53.9 Å². The van der Waals surface area contributed by atoms with Crippen molar-refractivity contribution in [2.75, 3.05) is 5.32 Å². The first-order chi connectivity index (χ1) is 11.6. The Labute approximate surface area is 160 Å². The maximum atomic E-state index is 12.0. The van der Waals surface area contributed by atoms with Gasteiger partial charge < -0.3 is 0 Å². The molecule has 0 saturated heterocycles. The number of carbonyl (C=O) groups excluding carboxylic acids is 1. The maximum Gasteiger partial charge on any atom is 0.250 e. The summed E-state index contributed by atoms with van der Waals surface area (Å²) >= 11 is 8.20. The molecule has 0 unspecified atom stereocenters. The van der Waals surface area contributed by atoms with Crippen molar-refractivity contribution in [2.24, 2.45) is 0 Å². The fraction of sp³-hybridized carbons (Fsp3) is 0. The molecule has 0 aliphatic heterocycles. The van der Waals surface area contributed by atoms with Crippen molar-refractivity contribution in [3.8, 4) is 11.3 Å². The molecular formula is C18H12Br2N2OS. The quantitative estimate of drug-likeness (QED) is 0.483. The zero-order chi connectivity index (χ0) is 16.9. The first-order valence-electron chi connectivity index (χ1n) is 7.06. The highest BCUT2D eigenvalue weighted by molar-refractivity contribution is 9.10. The number of rotatable bonds is 4. The fourth-order valence-corrected chi connectivity index (χ4v) is 3.23. The molecule has 24 heavy (non-hydrogen) atoms. The molecule has 1 N–H and O–H groups in total. The van der Waals surface area contributed by atoms with E-state index in [0.717, 1.165) is 25.8 Å². The summed E-state index contributed by atoms with van der Waals surface area (Å²) in [6, 6.07) is 15.6. The van der Waals surface area contributed by atoms with Crippen molar-refractivity contribution in [2.45, 2.75) is 0 Å². The first kappa shape index (κ1) is 17.1. The molecule has 0 atom stereocenters. The van der Waals surface area contributed by atoms with Gasteiger partial charge in [0, 0.05) is 26.0 Å². The van der Waals surface area contributed by atoms with Gasteiger partial charge in [-0.1, -0.05) is 56.1 Å². The smallest absolute Gasteiger partial charge is 0.250 e. The highest BCUT2D eigenvalue weighted by Crippen LogP contribution is 2.26. The third kappa shape index (κ3) is 4.63. The lowest BCUT2D eigenvalue weighted by Crippen LogP contribution is -2.07. The van der Waals surface area contributed by atoms with E-state index in [-0.39, 0.29) is 5.91 Å². The number of hydrogen-bond donors (Lipinski definition) is 1. The molecule has 0 spiro atoms. The number of nitrogens with one attached hydrogen (secondary N) is 1. The summed E-state index contributed by atoms with van der Waals surface area (Å²) in [6.45, 7) is 0. The van der Waals surface area contributed by atoms with Crippen LogP contribution in [-0.4, -0.2) is 10.9 Å². The average molecular weight is 464 g/mol. The van der Waals surface area contributed by atoms with E-state index in [2.05, 4.69) is 42.2 Å². The summed E-state index contributed by atoms with van der Waals surface area (Å²) in [5.41, 5.74) is 2.82. The van der Waals surface area contributed by atoms with E-state index in [0.29, 0.717) is 5.13 Å². The van der Waals surface area contributed by atoms with Crippen LogP contribution in [0.4, 0.5) is 5.13 Å². The Morgan fingerprint density at radius 1 is 1.00 bits per heavy atom. The van der Waals surface area contributed by atoms with Gasteiger partial charge in [0.1, 0.15) is 0 Å². The van der Waals surface area contributed by atoms with E-state index in [1.54, 1.807) is 6.08 Å². The molecule has 0 radical (unpaired) electrons. The number of nitrogens with zero attached hydrogens (tertiary/aromatic N) is 1. The number of halogens is 2. The van der Waals surface area contributed by atoms with Crippen molar-refractivity contribution in [1.82, 2.24) is 4.98 Å². The molecule has 3 nitrogen and oxygen atoms in total. The van der Waals surface area contributed by atoms with Gasteiger partial charge in [-0.15, -0.1) is 11.3 Å². The molecule has 0 bridgehead atoms. The largest absolute Gasteiger partial charge is 0.298 e. The fourth-order valence-electron chi connectivity index (χ4n) is 1.98. The molecule has 3 aromatic rings. The highest BCUT2D eigenvalue weighted by Gasteiger charge is 2.06. The second kappa shape index (κ2) is 7.88. The third-order valence-electron chi connectivity index (χ3n) is 3.17. The van der Waals surface area contributed by atoms with Crippen molar-refractivity contribution < 1.29 is 4.79 Å². The molecule has 0 fully saturated rings. The third-order valence-corrected chi connectivity index (χ3v) is 4.99. The Morgan fingerprint density at radius 3 is 2.29 bits per heavy atom. The molecule has 120 valence electrons. The van der Waals surface area contributed by atoms with Gasteiger partial charge in [0.05, 0.1) is 5.69 Å². The number of hydrogen-bond acceptors (Lipinski definition) is 3. The number of amides is 1. The van der Waals surface area contributed by atoms with Crippen LogP contribution in [0.25, 0.3) is 17.3 Å². The van der Waals surface area contributed by atoms with Gasteiger partial charge in [0.25, 0.3) is 0 Å². The van der Waals surface area contributed by atoms with E-state index >= 15 is 0 Å². The predicted molar refractivity (Wildman–Crippen MR) is 107 cm³/mol. The highest BCUT2D eigenvalue weighted by atomic mass is 79.9. The van der Waals surface area contributed by atoms with Crippen LogP contribution in [0.2, 0.25) is 0 Å². The van der Waals surface area contributed by atoms with Crippen LogP contribution in [0.3, 0.4) is 0 Å². The minimum absolute atomic E-state index is 0.199. The molecule has 0 aliphatic rings. The van der Waals surface area contributed by atoms with E-state index in [1.165, 1.54) is 17.4 Å². The van der Waals surface area contributed by atoms with Gasteiger partial charge in [-0.25, -0.2) is 4.98 Å². The van der Waals surface area contributed by atoms with Crippen LogP contribution in [0, 0.1) is 0 Å². The Kier molecular flexibility index (Phi) is 5.60. The van der Waals surface area contributed by atoms with E-state index < -0.39 is 0 Å². The molecule has 3 rings (SSSR count). The lowest BCUT2D eigenvalue weighted by Gasteiger charge is -1.98. The van der Waals surface area contributed by atoms with Gasteiger partial charge in [-0.3, -0.25) is 10.1 Å². The Balaban J connectivity index is 1.64. The van der Waals surface area contributed by atoms with Crippen molar-refractivity contribution in [3.63, 3.8) is 0 Å². The summed E-state index contributed by atoms with van der Waals surface area (Å²) < 4.78 is 2.03. The number of benzene rings is 2. The maximum absolute atomic E-state index is 12.0. The van der Waals surface area contributed by atoms with E-state index in [4.69, 9.17) is 0 Å². The summed E-state index contributed by atoms with van der Waals surface area (Å²) in [7, 11) is 0. The van der Waals surface area contributed by atoms with Gasteiger partial charge in [-0.05, 0) is 35.9 Å². The van der Waals surface area contributed by atoms with Gasteiger partial charge >= 0.3 is 0 Å². The zero-order valence-corrected chi connectivity index (χ0v) is 16.4. The molecular weight excluding hydrogens is 452 g/mol. The lowest BCUT2D eigenvalue weighted by molar-refractivity contribution is -0.111. The molecule has 2 aromatic carbocycles. The second-order valence-corrected chi connectivity index (χ2v) is 7.61. The SMILES string of the molecule is O=C(C=Cc1ccc(Br)cc1)Nc1nc(-c2ccc(Br)cc2)cs1. The first-order valence-corrected chi connectivity index (χ1v) is 9.53. The molecule has 0 aliphatic carbocycles. The van der Waals surface area contributed by atoms with Gasteiger partial charge in [-0.2, -0.15) is 0 Å². The Hall–Kier alpha value is -1.76. The number of thiazole rings is 1. The predicted octanol–water partition coefficient (Wildman–Crippen LogP) is 5.99. The second-order valence-electron chi connectivity index (χ2n) is 4.92. The number of aromatic nitrogens is 1. The van der Waals surface area contributed by atoms with Crippen LogP contribution in [0.5, 0.6) is 0 Å². The van der Waals surface area contributed by atoms with Crippen LogP contribution < -0.4 is 5.32 Å². The normalized spacial score (nSPS) is 10.9. The molecule has 6 heteroatoms. The summed E-state index contributed by atoms with van der Waals surface area (Å²) in [4.78, 5) is 16.4. The Morgan fingerprint density at radius 2 is 1.62 bits per heavy atom. The molecule has 1 amide bonds. The van der Waals surface area contributed by atoms with Crippen LogP contribution in [0.1, 0.15) is 5.56 Å². The lowest BCUT2D eigenvalue weighted by atomic mass is 10.2. The summed E-state index contributed by atoms with van der Waals surface area (Å²) in [6.07, 6.45) is 3.27. The van der Waals surface area contributed by atoms with Crippen molar-refractivity contribution >= 4 is 60.3 Å². The number of carbonyl (C=O) groups is 1. The minimum Gasteiger partial charge on any atom is -0.298 e. The van der Waals surface area contributed by atoms with Crippen LogP contribution in [0.15, 0.2) is 68.9 Å². The number of anilines is 1. The topological polar surface area (TPSA) is 42.0 Å². The average Bonchev–Trinajstić information content (AvgIpc) is 3.03. The van der Waals surface area contributed by atoms with Crippen LogP contribution >= 0.6 is 43.2 Å². The molecule has 0 saturated carbocycles. The standard InChI is InChI=1S/C18H12Br2N2OS/c19-14-6-1-12(2-7-14)3-10-17(23)22-18-21-16(11-24-18)13-4-8-15(20)9-5-13/h1-11H,(H,21,22,23). The van der Waals surface area contributed by atoms with Crippen molar-refractivity contribution in [1.29, 1.82) is 0 Å². The monoisotopic (exact) mass is 462 g/mol. The summed E-state index contributed by atoms with van der Waals surface area (Å²) in [5.74, 6) is -0.199. The molecule has 1 aromatic heterocycles. The van der Waals surface area contributed by atoms with Crippen LogP contribution in [-0.2, 0) is 4.79 Å². The minimum atomic E-state index is -0.199. The Bertz CT molecular complexity index is 871.